The molecule has 146 valence electrons. The van der Waals surface area contributed by atoms with Crippen LogP contribution in [0.2, 0.25) is 0 Å². The van der Waals surface area contributed by atoms with Crippen molar-refractivity contribution in [2.24, 2.45) is 0 Å². The Hall–Kier alpha value is -2.02. The Morgan fingerprint density at radius 3 is 2.67 bits per heavy atom. The lowest BCUT2D eigenvalue weighted by atomic mass is 9.94. The van der Waals surface area contributed by atoms with Crippen LogP contribution in [0.3, 0.4) is 0 Å². The number of amides is 1. The number of benzene rings is 1. The van der Waals surface area contributed by atoms with E-state index in [9.17, 15) is 9.18 Å². The average Bonchev–Trinajstić information content (AvgIpc) is 3.11. The molecule has 2 aliphatic rings. The van der Waals surface area contributed by atoms with Crippen LogP contribution >= 0.6 is 0 Å². The van der Waals surface area contributed by atoms with Gasteiger partial charge in [-0.15, -0.1) is 5.10 Å². The first kappa shape index (κ1) is 18.3. The van der Waals surface area contributed by atoms with Gasteiger partial charge in [-0.3, -0.25) is 9.69 Å². The van der Waals surface area contributed by atoms with Gasteiger partial charge in [-0.25, -0.2) is 9.07 Å². The summed E-state index contributed by atoms with van der Waals surface area (Å²) in [4.78, 5) is 16.9. The van der Waals surface area contributed by atoms with E-state index in [0.717, 1.165) is 44.3 Å². The topological polar surface area (TPSA) is 54.3 Å². The van der Waals surface area contributed by atoms with E-state index >= 15 is 0 Å². The van der Waals surface area contributed by atoms with Crippen LogP contribution in [0.25, 0.3) is 11.0 Å². The van der Waals surface area contributed by atoms with E-state index in [1.54, 1.807) is 6.07 Å². The molecule has 0 unspecified atom stereocenters. The van der Waals surface area contributed by atoms with Gasteiger partial charge in [-0.05, 0) is 37.8 Å². The highest BCUT2D eigenvalue weighted by Crippen LogP contribution is 2.26. The molecular weight excluding hydrogens is 345 g/mol. The van der Waals surface area contributed by atoms with Gasteiger partial charge in [0, 0.05) is 32.2 Å². The minimum Gasteiger partial charge on any atom is -0.342 e. The molecule has 2 fully saturated rings. The fraction of sp³-hybridized carbons (Fsp3) is 0.650. The van der Waals surface area contributed by atoms with Crippen molar-refractivity contribution in [1.82, 2.24) is 24.8 Å². The molecule has 1 amide bonds. The van der Waals surface area contributed by atoms with Crippen LogP contribution in [0.1, 0.15) is 51.0 Å². The normalized spacial score (nSPS) is 20.2. The summed E-state index contributed by atoms with van der Waals surface area (Å²) in [5.41, 5.74) is 1.48. The molecule has 1 aliphatic carbocycles. The number of nitrogens with zero attached hydrogens (tertiary/aromatic N) is 5. The molecule has 0 spiro atoms. The standard InChI is InChI=1S/C20H28FN5O/c1-24(16-5-3-2-4-6-16)20(27)14-25-11-9-17(10-12-25)26-19-8-7-15(21)13-18(19)22-23-26/h7-8,13,16-17H,2-6,9-12,14H2,1H3. The summed E-state index contributed by atoms with van der Waals surface area (Å²) in [6.07, 6.45) is 7.92. The molecule has 2 aromatic rings. The first-order chi connectivity index (χ1) is 13.1. The Kier molecular flexibility index (Phi) is 5.38. The maximum absolute atomic E-state index is 13.3. The van der Waals surface area contributed by atoms with E-state index in [2.05, 4.69) is 15.2 Å². The maximum Gasteiger partial charge on any atom is 0.236 e. The number of piperidine rings is 1. The van der Waals surface area contributed by atoms with Crippen LogP contribution in [-0.4, -0.2) is 63.4 Å². The number of carbonyl (C=O) groups is 1. The van der Waals surface area contributed by atoms with Gasteiger partial charge >= 0.3 is 0 Å². The number of halogens is 1. The Morgan fingerprint density at radius 1 is 1.19 bits per heavy atom. The summed E-state index contributed by atoms with van der Waals surface area (Å²) >= 11 is 0. The predicted octanol–water partition coefficient (Wildman–Crippen LogP) is 3.00. The SMILES string of the molecule is CN(C(=O)CN1CCC(n2nnc3cc(F)ccc32)CC1)C1CCCCC1. The van der Waals surface area contributed by atoms with Crippen molar-refractivity contribution in [3.8, 4) is 0 Å². The van der Waals surface area contributed by atoms with E-state index in [-0.39, 0.29) is 17.8 Å². The summed E-state index contributed by atoms with van der Waals surface area (Å²) < 4.78 is 15.3. The number of aromatic nitrogens is 3. The lowest BCUT2D eigenvalue weighted by Crippen LogP contribution is -2.46. The Balaban J connectivity index is 1.32. The molecule has 7 heteroatoms. The van der Waals surface area contributed by atoms with Gasteiger partial charge < -0.3 is 4.90 Å². The number of fused-ring (bicyclic) bond motifs is 1. The lowest BCUT2D eigenvalue weighted by Gasteiger charge is -2.35. The second-order valence-corrected chi connectivity index (χ2v) is 7.97. The molecule has 0 atom stereocenters. The zero-order valence-electron chi connectivity index (χ0n) is 16.0. The molecule has 4 rings (SSSR count). The van der Waals surface area contributed by atoms with Crippen molar-refractivity contribution in [3.63, 3.8) is 0 Å². The van der Waals surface area contributed by atoms with Gasteiger partial charge in [0.05, 0.1) is 18.1 Å². The van der Waals surface area contributed by atoms with Crippen LogP contribution in [0.5, 0.6) is 0 Å². The Morgan fingerprint density at radius 2 is 1.93 bits per heavy atom. The summed E-state index contributed by atoms with van der Waals surface area (Å²) in [5, 5.41) is 8.34. The largest absolute Gasteiger partial charge is 0.342 e. The van der Waals surface area contributed by atoms with Crippen molar-refractivity contribution in [2.45, 2.75) is 57.0 Å². The van der Waals surface area contributed by atoms with Gasteiger partial charge in [0.2, 0.25) is 5.91 Å². The quantitative estimate of drug-likeness (QED) is 0.827. The van der Waals surface area contributed by atoms with Gasteiger partial charge in [-0.1, -0.05) is 24.5 Å². The minimum absolute atomic E-state index is 0.238. The molecule has 0 radical (unpaired) electrons. The first-order valence-electron chi connectivity index (χ1n) is 10.1. The smallest absolute Gasteiger partial charge is 0.236 e. The first-order valence-corrected chi connectivity index (χ1v) is 10.1. The minimum atomic E-state index is -0.287. The molecule has 6 nitrogen and oxygen atoms in total. The van der Waals surface area contributed by atoms with Crippen molar-refractivity contribution in [1.29, 1.82) is 0 Å². The van der Waals surface area contributed by atoms with E-state index in [1.807, 2.05) is 16.6 Å². The van der Waals surface area contributed by atoms with Gasteiger partial charge in [0.25, 0.3) is 0 Å². The molecule has 1 aromatic carbocycles. The molecule has 27 heavy (non-hydrogen) atoms. The van der Waals surface area contributed by atoms with Crippen molar-refractivity contribution < 1.29 is 9.18 Å². The molecule has 0 N–H and O–H groups in total. The molecule has 1 saturated heterocycles. The number of carbonyl (C=O) groups excluding carboxylic acids is 1. The average molecular weight is 373 g/mol. The highest BCUT2D eigenvalue weighted by molar-refractivity contribution is 5.78. The highest BCUT2D eigenvalue weighted by atomic mass is 19.1. The summed E-state index contributed by atoms with van der Waals surface area (Å²) in [6, 6.07) is 5.30. The van der Waals surface area contributed by atoms with Crippen molar-refractivity contribution >= 4 is 16.9 Å². The Bertz CT molecular complexity index is 793. The van der Waals surface area contributed by atoms with Crippen LogP contribution in [-0.2, 0) is 4.79 Å². The lowest BCUT2D eigenvalue weighted by molar-refractivity contribution is -0.134. The second-order valence-electron chi connectivity index (χ2n) is 7.97. The van der Waals surface area contributed by atoms with E-state index in [4.69, 9.17) is 0 Å². The van der Waals surface area contributed by atoms with Crippen LogP contribution < -0.4 is 0 Å². The van der Waals surface area contributed by atoms with Crippen molar-refractivity contribution in [2.75, 3.05) is 26.7 Å². The second kappa shape index (κ2) is 7.92. The third-order valence-corrected chi connectivity index (χ3v) is 6.21. The van der Waals surface area contributed by atoms with E-state index in [1.165, 1.54) is 31.4 Å². The van der Waals surface area contributed by atoms with Crippen molar-refractivity contribution in [3.05, 3.63) is 24.0 Å². The number of likely N-dealkylation sites (tertiary alicyclic amines) is 1. The fourth-order valence-electron chi connectivity index (χ4n) is 4.48. The molecule has 1 saturated carbocycles. The monoisotopic (exact) mass is 373 g/mol. The molecule has 1 aromatic heterocycles. The molecule has 1 aliphatic heterocycles. The predicted molar refractivity (Wildman–Crippen MR) is 102 cm³/mol. The number of hydrogen-bond donors (Lipinski definition) is 0. The summed E-state index contributed by atoms with van der Waals surface area (Å²) in [5.74, 6) is -0.0491. The van der Waals surface area contributed by atoms with E-state index in [0.29, 0.717) is 18.1 Å². The summed E-state index contributed by atoms with van der Waals surface area (Å²) in [7, 11) is 1.96. The zero-order chi connectivity index (χ0) is 18.8. The molecule has 0 bridgehead atoms. The zero-order valence-corrected chi connectivity index (χ0v) is 16.0. The number of likely N-dealkylation sites (N-methyl/N-ethyl adjacent to an activating group) is 1. The van der Waals surface area contributed by atoms with Crippen LogP contribution in [0, 0.1) is 5.82 Å². The van der Waals surface area contributed by atoms with Gasteiger partial charge in [0.1, 0.15) is 11.3 Å². The maximum atomic E-state index is 13.3. The highest BCUT2D eigenvalue weighted by Gasteiger charge is 2.27. The number of hydrogen-bond acceptors (Lipinski definition) is 4. The Labute approximate surface area is 159 Å². The number of rotatable bonds is 4. The molecular formula is C20H28FN5O. The summed E-state index contributed by atoms with van der Waals surface area (Å²) in [6.45, 7) is 2.25. The van der Waals surface area contributed by atoms with E-state index < -0.39 is 0 Å². The third-order valence-electron chi connectivity index (χ3n) is 6.21. The third kappa shape index (κ3) is 3.98. The molecule has 2 heterocycles. The van der Waals surface area contributed by atoms with Crippen LogP contribution in [0.15, 0.2) is 18.2 Å². The van der Waals surface area contributed by atoms with Gasteiger partial charge in [0.15, 0.2) is 0 Å². The van der Waals surface area contributed by atoms with Crippen LogP contribution in [0.4, 0.5) is 4.39 Å². The van der Waals surface area contributed by atoms with Gasteiger partial charge in [-0.2, -0.15) is 0 Å². The fourth-order valence-corrected chi connectivity index (χ4v) is 4.48.